The molecule has 0 bridgehead atoms. The second-order valence-electron chi connectivity index (χ2n) is 7.07. The van der Waals surface area contributed by atoms with Gasteiger partial charge in [0, 0.05) is 31.2 Å². The molecule has 0 atom stereocenters. The first-order valence-electron chi connectivity index (χ1n) is 10.6. The molecule has 0 spiro atoms. The average Bonchev–Trinajstić information content (AvgIpc) is 3.22. The number of aryl methyl sites for hydroxylation is 1. The van der Waals surface area contributed by atoms with Crippen molar-refractivity contribution in [2.45, 2.75) is 52.5 Å². The van der Waals surface area contributed by atoms with Crippen LogP contribution in [0.4, 0.5) is 0 Å². The van der Waals surface area contributed by atoms with E-state index in [0.29, 0.717) is 36.9 Å². The van der Waals surface area contributed by atoms with Crippen molar-refractivity contribution in [3.63, 3.8) is 0 Å². The summed E-state index contributed by atoms with van der Waals surface area (Å²) in [5.41, 5.74) is 2.20. The lowest BCUT2D eigenvalue weighted by atomic mass is 10.0. The van der Waals surface area contributed by atoms with Crippen LogP contribution in [-0.2, 0) is 22.4 Å². The molecule has 2 rings (SSSR count). The van der Waals surface area contributed by atoms with Crippen LogP contribution in [0.5, 0.6) is 0 Å². The Kier molecular flexibility index (Phi) is 10.5. The molecule has 2 aromatic rings. The number of hydrogen-bond acceptors (Lipinski definition) is 6. The molecule has 6 nitrogen and oxygen atoms in total. The highest BCUT2D eigenvalue weighted by Crippen LogP contribution is 2.17. The van der Waals surface area contributed by atoms with Crippen LogP contribution in [0.15, 0.2) is 29.6 Å². The van der Waals surface area contributed by atoms with Crippen molar-refractivity contribution in [1.29, 1.82) is 0 Å². The number of carbonyl (C=O) groups is 2. The summed E-state index contributed by atoms with van der Waals surface area (Å²) in [4.78, 5) is 31.1. The van der Waals surface area contributed by atoms with Gasteiger partial charge in [0.1, 0.15) is 5.01 Å². The van der Waals surface area contributed by atoms with E-state index < -0.39 is 5.97 Å². The lowest BCUT2D eigenvalue weighted by Crippen LogP contribution is -2.32. The first kappa shape index (κ1) is 24.0. The third-order valence-corrected chi connectivity index (χ3v) is 5.53. The van der Waals surface area contributed by atoms with Gasteiger partial charge in [-0.3, -0.25) is 4.79 Å². The van der Waals surface area contributed by atoms with Gasteiger partial charge in [-0.1, -0.05) is 31.9 Å². The summed E-state index contributed by atoms with van der Waals surface area (Å²) in [5.74, 6) is -0.477. The fraction of sp³-hybridized carbons (Fsp3) is 0.522. The molecule has 0 aliphatic carbocycles. The zero-order valence-corrected chi connectivity index (χ0v) is 19.0. The largest absolute Gasteiger partial charge is 0.461 e. The van der Waals surface area contributed by atoms with Crippen LogP contribution >= 0.6 is 11.3 Å². The van der Waals surface area contributed by atoms with Gasteiger partial charge in [-0.25, -0.2) is 9.78 Å². The Bertz CT molecular complexity index is 789. The summed E-state index contributed by atoms with van der Waals surface area (Å²) in [7, 11) is 1.65. The fourth-order valence-corrected chi connectivity index (χ4v) is 3.85. The Morgan fingerprint density at radius 3 is 2.53 bits per heavy atom. The number of carbonyl (C=O) groups excluding carboxylic acids is 2. The van der Waals surface area contributed by atoms with Crippen LogP contribution in [0, 0.1) is 0 Å². The van der Waals surface area contributed by atoms with Gasteiger partial charge in [0.2, 0.25) is 0 Å². The van der Waals surface area contributed by atoms with E-state index in [1.807, 2.05) is 24.3 Å². The topological polar surface area (TPSA) is 68.7 Å². The summed E-state index contributed by atoms with van der Waals surface area (Å²) in [6.45, 7) is 5.74. The van der Waals surface area contributed by atoms with E-state index in [1.54, 1.807) is 24.3 Å². The summed E-state index contributed by atoms with van der Waals surface area (Å²) < 4.78 is 10.1. The first-order valence-corrected chi connectivity index (χ1v) is 11.5. The van der Waals surface area contributed by atoms with Gasteiger partial charge >= 0.3 is 5.97 Å². The molecule has 1 heterocycles. The highest BCUT2D eigenvalue weighted by molar-refractivity contribution is 7.09. The Morgan fingerprint density at radius 2 is 1.87 bits per heavy atom. The van der Waals surface area contributed by atoms with E-state index in [2.05, 4.69) is 11.9 Å². The van der Waals surface area contributed by atoms with Gasteiger partial charge in [-0.15, -0.1) is 11.3 Å². The molecular weight excluding hydrogens is 400 g/mol. The van der Waals surface area contributed by atoms with Gasteiger partial charge in [0.25, 0.3) is 5.91 Å². The lowest BCUT2D eigenvalue weighted by molar-refractivity contribution is 0.0520. The van der Waals surface area contributed by atoms with Gasteiger partial charge in [-0.05, 0) is 43.9 Å². The predicted molar refractivity (Wildman–Crippen MR) is 119 cm³/mol. The van der Waals surface area contributed by atoms with Crippen molar-refractivity contribution in [1.82, 2.24) is 9.88 Å². The van der Waals surface area contributed by atoms with Crippen LogP contribution in [0.2, 0.25) is 0 Å². The Balaban J connectivity index is 2.07. The number of ether oxygens (including phenoxy) is 2. The number of unbranched alkanes of at least 4 members (excludes halogenated alkanes) is 2. The standard InChI is InChI=1S/C23H32N2O4S/c1-4-6-7-9-18-10-12-19(13-11-18)22(26)25(14-8-15-28-3)16-21-24-20(17-30-21)23(27)29-5-2/h10-13,17H,4-9,14-16H2,1-3H3. The molecule has 7 heteroatoms. The zero-order valence-electron chi connectivity index (χ0n) is 18.2. The van der Waals surface area contributed by atoms with Crippen molar-refractivity contribution >= 4 is 23.2 Å². The smallest absolute Gasteiger partial charge is 0.357 e. The number of aromatic nitrogens is 1. The number of amides is 1. The Morgan fingerprint density at radius 1 is 1.10 bits per heavy atom. The summed E-state index contributed by atoms with van der Waals surface area (Å²) in [6.07, 6.45) is 5.35. The monoisotopic (exact) mass is 432 g/mol. The molecule has 0 radical (unpaired) electrons. The van der Waals surface area contributed by atoms with Crippen LogP contribution in [0.3, 0.4) is 0 Å². The number of methoxy groups -OCH3 is 1. The van der Waals surface area contributed by atoms with E-state index in [1.165, 1.54) is 36.2 Å². The second-order valence-corrected chi connectivity index (χ2v) is 8.02. The van der Waals surface area contributed by atoms with Crippen molar-refractivity contribution in [3.8, 4) is 0 Å². The van der Waals surface area contributed by atoms with E-state index in [9.17, 15) is 9.59 Å². The summed E-state index contributed by atoms with van der Waals surface area (Å²) in [6, 6.07) is 7.88. The molecule has 1 aromatic carbocycles. The van der Waals surface area contributed by atoms with E-state index in [0.717, 1.165) is 12.8 Å². The highest BCUT2D eigenvalue weighted by Gasteiger charge is 2.19. The number of benzene rings is 1. The van der Waals surface area contributed by atoms with Crippen molar-refractivity contribution in [2.75, 3.05) is 26.9 Å². The molecule has 0 saturated heterocycles. The van der Waals surface area contributed by atoms with Gasteiger partial charge < -0.3 is 14.4 Å². The SMILES string of the molecule is CCCCCc1ccc(C(=O)N(CCCOC)Cc2nc(C(=O)OCC)cs2)cc1. The summed E-state index contributed by atoms with van der Waals surface area (Å²) in [5, 5.41) is 2.39. The molecule has 0 N–H and O–H groups in total. The third-order valence-electron chi connectivity index (χ3n) is 4.70. The maximum Gasteiger partial charge on any atom is 0.357 e. The van der Waals surface area contributed by atoms with Gasteiger partial charge in [0.15, 0.2) is 5.69 Å². The quantitative estimate of drug-likeness (QED) is 0.338. The molecule has 0 fully saturated rings. The van der Waals surface area contributed by atoms with Crippen molar-refractivity contribution < 1.29 is 19.1 Å². The number of esters is 1. The molecule has 1 aromatic heterocycles. The lowest BCUT2D eigenvalue weighted by Gasteiger charge is -2.22. The molecule has 0 saturated carbocycles. The molecule has 0 aliphatic heterocycles. The van der Waals surface area contributed by atoms with Gasteiger partial charge in [-0.2, -0.15) is 0 Å². The first-order chi connectivity index (χ1) is 14.6. The minimum atomic E-state index is -0.434. The maximum absolute atomic E-state index is 13.1. The van der Waals surface area contributed by atoms with Crippen LogP contribution in [0.25, 0.3) is 0 Å². The molecule has 0 unspecified atom stereocenters. The molecule has 1 amide bonds. The number of nitrogens with zero attached hydrogens (tertiary/aromatic N) is 2. The highest BCUT2D eigenvalue weighted by atomic mass is 32.1. The molecule has 164 valence electrons. The molecular formula is C23H32N2O4S. The Hall–Kier alpha value is -2.25. The number of hydrogen-bond donors (Lipinski definition) is 0. The maximum atomic E-state index is 13.1. The number of rotatable bonds is 13. The third kappa shape index (κ3) is 7.54. The van der Waals surface area contributed by atoms with Crippen LogP contribution < -0.4 is 0 Å². The summed E-state index contributed by atoms with van der Waals surface area (Å²) >= 11 is 1.36. The Labute approximate surface area is 183 Å². The predicted octanol–water partition coefficient (Wildman–Crippen LogP) is 4.73. The minimum absolute atomic E-state index is 0.0425. The normalized spacial score (nSPS) is 10.8. The van der Waals surface area contributed by atoms with Crippen LogP contribution in [0.1, 0.15) is 70.9 Å². The molecule has 30 heavy (non-hydrogen) atoms. The van der Waals surface area contributed by atoms with E-state index >= 15 is 0 Å². The fourth-order valence-electron chi connectivity index (χ4n) is 3.07. The van der Waals surface area contributed by atoms with Crippen molar-refractivity contribution in [2.24, 2.45) is 0 Å². The number of thiazole rings is 1. The average molecular weight is 433 g/mol. The van der Waals surface area contributed by atoms with E-state index in [-0.39, 0.29) is 11.6 Å². The minimum Gasteiger partial charge on any atom is -0.461 e. The molecule has 0 aliphatic rings. The van der Waals surface area contributed by atoms with Crippen LogP contribution in [-0.4, -0.2) is 48.6 Å². The van der Waals surface area contributed by atoms with E-state index in [4.69, 9.17) is 9.47 Å². The second kappa shape index (κ2) is 13.1. The zero-order chi connectivity index (χ0) is 21.8. The van der Waals surface area contributed by atoms with Gasteiger partial charge in [0.05, 0.1) is 13.2 Å². The van der Waals surface area contributed by atoms with Crippen molar-refractivity contribution in [3.05, 3.63) is 51.5 Å².